The first-order valence-electron chi connectivity index (χ1n) is 7.56. The molecule has 0 fully saturated rings. The first kappa shape index (κ1) is 18.1. The smallest absolute Gasteiger partial charge is 0.191 e. The number of nitrogens with one attached hydrogen (secondary N) is 2. The van der Waals surface area contributed by atoms with E-state index in [0.29, 0.717) is 13.1 Å². The molecule has 0 aliphatic carbocycles. The lowest BCUT2D eigenvalue weighted by Gasteiger charge is -2.14. The van der Waals surface area contributed by atoms with Crippen LogP contribution in [0.3, 0.4) is 0 Å². The Morgan fingerprint density at radius 3 is 2.38 bits per heavy atom. The van der Waals surface area contributed by atoms with Crippen LogP contribution in [-0.2, 0) is 13.1 Å². The fourth-order valence-electron chi connectivity index (χ4n) is 2.25. The standard InChI is InChI=1S/C18H22BrN3O2/c1-20-18(22-12-14-6-4-5-7-16(14)23-2)21-11-13-8-9-17(24-3)15(19)10-13/h4-10H,11-12H2,1-3H3,(H2,20,21,22). The van der Waals surface area contributed by atoms with E-state index in [1.807, 2.05) is 42.5 Å². The van der Waals surface area contributed by atoms with E-state index in [4.69, 9.17) is 9.47 Å². The van der Waals surface area contributed by atoms with E-state index in [1.165, 1.54) is 0 Å². The van der Waals surface area contributed by atoms with E-state index < -0.39 is 0 Å². The summed E-state index contributed by atoms with van der Waals surface area (Å²) < 4.78 is 11.5. The molecular weight excluding hydrogens is 370 g/mol. The minimum absolute atomic E-state index is 0.635. The van der Waals surface area contributed by atoms with E-state index in [9.17, 15) is 0 Å². The van der Waals surface area contributed by atoms with Crippen molar-refractivity contribution in [2.24, 2.45) is 4.99 Å². The van der Waals surface area contributed by atoms with Gasteiger partial charge in [-0.3, -0.25) is 4.99 Å². The van der Waals surface area contributed by atoms with Crippen LogP contribution in [-0.4, -0.2) is 27.2 Å². The molecule has 2 aromatic carbocycles. The van der Waals surface area contributed by atoms with E-state index in [1.54, 1.807) is 21.3 Å². The molecule has 2 N–H and O–H groups in total. The normalized spacial score (nSPS) is 11.1. The van der Waals surface area contributed by atoms with Crippen LogP contribution in [0.1, 0.15) is 11.1 Å². The van der Waals surface area contributed by atoms with Gasteiger partial charge in [0.25, 0.3) is 0 Å². The molecule has 0 unspecified atom stereocenters. The van der Waals surface area contributed by atoms with Crippen molar-refractivity contribution < 1.29 is 9.47 Å². The third-order valence-corrected chi connectivity index (χ3v) is 4.16. The van der Waals surface area contributed by atoms with Crippen LogP contribution in [0.2, 0.25) is 0 Å². The van der Waals surface area contributed by atoms with Crippen LogP contribution in [0.4, 0.5) is 0 Å². The highest BCUT2D eigenvalue weighted by atomic mass is 79.9. The van der Waals surface area contributed by atoms with Gasteiger partial charge in [0.1, 0.15) is 11.5 Å². The van der Waals surface area contributed by atoms with Crippen LogP contribution < -0.4 is 20.1 Å². The number of para-hydroxylation sites is 1. The summed E-state index contributed by atoms with van der Waals surface area (Å²) >= 11 is 3.50. The maximum Gasteiger partial charge on any atom is 0.191 e. The van der Waals surface area contributed by atoms with Crippen LogP contribution in [0.5, 0.6) is 11.5 Å². The van der Waals surface area contributed by atoms with E-state index >= 15 is 0 Å². The number of hydrogen-bond donors (Lipinski definition) is 2. The van der Waals surface area contributed by atoms with Gasteiger partial charge in [0.15, 0.2) is 5.96 Å². The largest absolute Gasteiger partial charge is 0.496 e. The van der Waals surface area contributed by atoms with Gasteiger partial charge in [-0.15, -0.1) is 0 Å². The maximum atomic E-state index is 5.36. The monoisotopic (exact) mass is 391 g/mol. The highest BCUT2D eigenvalue weighted by Gasteiger charge is 2.05. The molecule has 0 heterocycles. The number of benzene rings is 2. The van der Waals surface area contributed by atoms with Gasteiger partial charge < -0.3 is 20.1 Å². The quantitative estimate of drug-likeness (QED) is 0.585. The Hall–Kier alpha value is -2.21. The zero-order valence-electron chi connectivity index (χ0n) is 14.1. The molecular formula is C18H22BrN3O2. The summed E-state index contributed by atoms with van der Waals surface area (Å²) in [6.07, 6.45) is 0. The molecule has 0 bridgehead atoms. The Labute approximate surface area is 151 Å². The lowest BCUT2D eigenvalue weighted by Crippen LogP contribution is -2.36. The minimum atomic E-state index is 0.635. The molecule has 0 atom stereocenters. The number of guanidine groups is 1. The van der Waals surface area contributed by atoms with Crippen molar-refractivity contribution in [3.05, 3.63) is 58.1 Å². The van der Waals surface area contributed by atoms with Crippen molar-refractivity contribution in [1.82, 2.24) is 10.6 Å². The van der Waals surface area contributed by atoms with Crippen LogP contribution in [0, 0.1) is 0 Å². The Balaban J connectivity index is 1.92. The SMILES string of the molecule is CN=C(NCc1ccc(OC)c(Br)c1)NCc1ccccc1OC. The lowest BCUT2D eigenvalue weighted by molar-refractivity contribution is 0.409. The van der Waals surface area contributed by atoms with Crippen molar-refractivity contribution in [1.29, 1.82) is 0 Å². The molecule has 0 aliphatic heterocycles. The molecule has 128 valence electrons. The summed E-state index contributed by atoms with van der Waals surface area (Å²) in [5, 5.41) is 6.58. The fraction of sp³-hybridized carbons (Fsp3) is 0.278. The molecule has 0 spiro atoms. The van der Waals surface area contributed by atoms with E-state index in [0.717, 1.165) is 33.1 Å². The van der Waals surface area contributed by atoms with Gasteiger partial charge in [0.05, 0.1) is 18.7 Å². The Morgan fingerprint density at radius 2 is 1.71 bits per heavy atom. The first-order valence-corrected chi connectivity index (χ1v) is 8.36. The van der Waals surface area contributed by atoms with Gasteiger partial charge in [0, 0.05) is 25.7 Å². The van der Waals surface area contributed by atoms with E-state index in [-0.39, 0.29) is 0 Å². The molecule has 0 aliphatic rings. The third kappa shape index (κ3) is 4.89. The fourth-order valence-corrected chi connectivity index (χ4v) is 2.84. The molecule has 0 aromatic heterocycles. The lowest BCUT2D eigenvalue weighted by atomic mass is 10.2. The van der Waals surface area contributed by atoms with Crippen molar-refractivity contribution in [2.45, 2.75) is 13.1 Å². The Kier molecular flexibility index (Phi) is 6.93. The van der Waals surface area contributed by atoms with Gasteiger partial charge in [-0.25, -0.2) is 0 Å². The van der Waals surface area contributed by atoms with Gasteiger partial charge in [-0.2, -0.15) is 0 Å². The Morgan fingerprint density at radius 1 is 1.00 bits per heavy atom. The van der Waals surface area contributed by atoms with Gasteiger partial charge in [-0.1, -0.05) is 24.3 Å². The highest BCUT2D eigenvalue weighted by molar-refractivity contribution is 9.10. The average Bonchev–Trinajstić information content (AvgIpc) is 2.62. The summed E-state index contributed by atoms with van der Waals surface area (Å²) in [6, 6.07) is 13.9. The number of ether oxygens (including phenoxy) is 2. The summed E-state index contributed by atoms with van der Waals surface area (Å²) in [4.78, 5) is 4.25. The zero-order chi connectivity index (χ0) is 17.4. The molecule has 0 saturated heterocycles. The molecule has 6 heteroatoms. The second-order valence-corrected chi connectivity index (χ2v) is 5.91. The first-order chi connectivity index (χ1) is 11.7. The van der Waals surface area contributed by atoms with Crippen molar-refractivity contribution in [3.8, 4) is 11.5 Å². The second-order valence-electron chi connectivity index (χ2n) is 5.06. The van der Waals surface area contributed by atoms with Crippen molar-refractivity contribution in [3.63, 3.8) is 0 Å². The summed E-state index contributed by atoms with van der Waals surface area (Å²) in [6.45, 7) is 1.30. The molecule has 0 radical (unpaired) electrons. The molecule has 0 amide bonds. The van der Waals surface area contributed by atoms with E-state index in [2.05, 4.69) is 31.6 Å². The molecule has 2 rings (SSSR count). The number of hydrogen-bond acceptors (Lipinski definition) is 3. The highest BCUT2D eigenvalue weighted by Crippen LogP contribution is 2.25. The van der Waals surface area contributed by atoms with Crippen LogP contribution >= 0.6 is 15.9 Å². The predicted octanol–water partition coefficient (Wildman–Crippen LogP) is 3.33. The summed E-state index contributed by atoms with van der Waals surface area (Å²) in [5.74, 6) is 2.41. The number of rotatable bonds is 6. The molecule has 24 heavy (non-hydrogen) atoms. The predicted molar refractivity (Wildman–Crippen MR) is 101 cm³/mol. The van der Waals surface area contributed by atoms with Gasteiger partial charge >= 0.3 is 0 Å². The van der Waals surface area contributed by atoms with Crippen molar-refractivity contribution >= 4 is 21.9 Å². The molecule has 2 aromatic rings. The number of nitrogens with zero attached hydrogens (tertiary/aromatic N) is 1. The molecule has 0 saturated carbocycles. The van der Waals surface area contributed by atoms with Crippen LogP contribution in [0.15, 0.2) is 51.9 Å². The maximum absolute atomic E-state index is 5.36. The number of methoxy groups -OCH3 is 2. The second kappa shape index (κ2) is 9.17. The van der Waals surface area contributed by atoms with Crippen molar-refractivity contribution in [2.75, 3.05) is 21.3 Å². The summed E-state index contributed by atoms with van der Waals surface area (Å²) in [5.41, 5.74) is 2.21. The van der Waals surface area contributed by atoms with Crippen LogP contribution in [0.25, 0.3) is 0 Å². The van der Waals surface area contributed by atoms with Gasteiger partial charge in [0.2, 0.25) is 0 Å². The average molecular weight is 392 g/mol. The zero-order valence-corrected chi connectivity index (χ0v) is 15.7. The number of halogens is 1. The van der Waals surface area contributed by atoms with Gasteiger partial charge in [-0.05, 0) is 39.7 Å². The molecule has 5 nitrogen and oxygen atoms in total. The minimum Gasteiger partial charge on any atom is -0.496 e. The summed E-state index contributed by atoms with van der Waals surface area (Å²) in [7, 11) is 5.08. The Bertz CT molecular complexity index is 704. The third-order valence-electron chi connectivity index (χ3n) is 3.54. The topological polar surface area (TPSA) is 54.9 Å². The number of aliphatic imine (C=N–C) groups is 1.